The van der Waals surface area contributed by atoms with Crippen molar-refractivity contribution in [2.45, 2.75) is 52.0 Å². The van der Waals surface area contributed by atoms with Crippen molar-refractivity contribution in [3.63, 3.8) is 0 Å². The summed E-state index contributed by atoms with van der Waals surface area (Å²) in [6.07, 6.45) is 5.43. The van der Waals surface area contributed by atoms with Gasteiger partial charge in [0.15, 0.2) is 0 Å². The number of carbonyl (C=O) groups is 1. The fourth-order valence-electron chi connectivity index (χ4n) is 1.69. The number of amides is 1. The maximum atomic E-state index is 11.5. The number of unbranched alkanes of at least 4 members (excludes halogenated alkanes) is 2. The van der Waals surface area contributed by atoms with Crippen LogP contribution in [-0.4, -0.2) is 30.4 Å². The molecule has 0 spiro atoms. The Kier molecular flexibility index (Phi) is 8.33. The maximum Gasteiger partial charge on any atom is 0.251 e. The van der Waals surface area contributed by atoms with Crippen LogP contribution in [-0.2, 0) is 4.79 Å². The van der Waals surface area contributed by atoms with Crippen LogP contribution in [0.4, 0.5) is 0 Å². The van der Waals surface area contributed by atoms with Crippen LogP contribution in [0.5, 0.6) is 0 Å². The van der Waals surface area contributed by atoms with Gasteiger partial charge in [-0.25, -0.2) is 5.84 Å². The summed E-state index contributed by atoms with van der Waals surface area (Å²) < 4.78 is 0. The van der Waals surface area contributed by atoms with Crippen molar-refractivity contribution in [3.8, 4) is 0 Å². The molecule has 1 amide bonds. The van der Waals surface area contributed by atoms with Crippen molar-refractivity contribution in [2.75, 3.05) is 13.6 Å². The van der Waals surface area contributed by atoms with E-state index in [-0.39, 0.29) is 11.9 Å². The maximum absolute atomic E-state index is 11.5. The van der Waals surface area contributed by atoms with Crippen molar-refractivity contribution in [1.82, 2.24) is 10.3 Å². The molecule has 0 rings (SSSR count). The monoisotopic (exact) mass is 215 g/mol. The Bertz CT molecular complexity index is 173. The molecule has 4 nitrogen and oxygen atoms in total. The standard InChI is InChI=1S/C11H25N3O/c1-4-6-7-9-14(3)10(8-5-2)11(15)13-12/h10H,4-9,12H2,1-3H3,(H,13,15). The van der Waals surface area contributed by atoms with Crippen molar-refractivity contribution < 1.29 is 4.79 Å². The van der Waals surface area contributed by atoms with Gasteiger partial charge in [-0.2, -0.15) is 0 Å². The van der Waals surface area contributed by atoms with Crippen molar-refractivity contribution in [3.05, 3.63) is 0 Å². The van der Waals surface area contributed by atoms with Crippen molar-refractivity contribution in [1.29, 1.82) is 0 Å². The molecular formula is C11H25N3O. The fourth-order valence-corrected chi connectivity index (χ4v) is 1.69. The highest BCUT2D eigenvalue weighted by Crippen LogP contribution is 2.07. The number of hydrogen-bond acceptors (Lipinski definition) is 3. The molecular weight excluding hydrogens is 190 g/mol. The first-order valence-electron chi connectivity index (χ1n) is 5.88. The van der Waals surface area contributed by atoms with Crippen molar-refractivity contribution >= 4 is 5.91 Å². The van der Waals surface area contributed by atoms with Gasteiger partial charge in [0.2, 0.25) is 0 Å². The van der Waals surface area contributed by atoms with Crippen LogP contribution in [0.1, 0.15) is 46.0 Å². The van der Waals surface area contributed by atoms with E-state index in [0.29, 0.717) is 0 Å². The summed E-state index contributed by atoms with van der Waals surface area (Å²) in [6, 6.07) is -0.0724. The predicted octanol–water partition coefficient (Wildman–Crippen LogP) is 1.27. The number of nitrogens with one attached hydrogen (secondary N) is 1. The Hall–Kier alpha value is -0.610. The Balaban J connectivity index is 4.03. The van der Waals surface area contributed by atoms with E-state index < -0.39 is 0 Å². The van der Waals surface area contributed by atoms with E-state index in [9.17, 15) is 4.79 Å². The first-order valence-corrected chi connectivity index (χ1v) is 5.88. The highest BCUT2D eigenvalue weighted by atomic mass is 16.2. The lowest BCUT2D eigenvalue weighted by Crippen LogP contribution is -2.47. The second-order valence-electron chi connectivity index (χ2n) is 4.00. The molecule has 0 aromatic heterocycles. The SMILES string of the molecule is CCCCCN(C)C(CCC)C(=O)NN. The average molecular weight is 215 g/mol. The summed E-state index contributed by atoms with van der Waals surface area (Å²) in [6.45, 7) is 5.22. The van der Waals surface area contributed by atoms with E-state index in [1.54, 1.807) is 0 Å². The average Bonchev–Trinajstić information content (AvgIpc) is 2.25. The molecule has 0 bridgehead atoms. The zero-order valence-corrected chi connectivity index (χ0v) is 10.3. The van der Waals surface area contributed by atoms with Gasteiger partial charge in [-0.3, -0.25) is 15.1 Å². The molecule has 0 aliphatic rings. The number of hydrazine groups is 1. The number of rotatable bonds is 8. The van der Waals surface area contributed by atoms with Crippen LogP contribution in [0, 0.1) is 0 Å². The molecule has 0 aliphatic heterocycles. The molecule has 15 heavy (non-hydrogen) atoms. The fraction of sp³-hybridized carbons (Fsp3) is 0.909. The van der Waals surface area contributed by atoms with E-state index >= 15 is 0 Å². The van der Waals surface area contributed by atoms with E-state index in [1.807, 2.05) is 7.05 Å². The highest BCUT2D eigenvalue weighted by molar-refractivity contribution is 5.81. The van der Waals surface area contributed by atoms with Crippen molar-refractivity contribution in [2.24, 2.45) is 5.84 Å². The summed E-state index contributed by atoms with van der Waals surface area (Å²) in [5.41, 5.74) is 2.24. The van der Waals surface area contributed by atoms with Gasteiger partial charge in [0.25, 0.3) is 5.91 Å². The molecule has 90 valence electrons. The summed E-state index contributed by atoms with van der Waals surface area (Å²) in [4.78, 5) is 13.6. The topological polar surface area (TPSA) is 58.4 Å². The van der Waals surface area contributed by atoms with Crippen LogP contribution in [0.2, 0.25) is 0 Å². The molecule has 0 saturated carbocycles. The molecule has 0 radical (unpaired) electrons. The van der Waals surface area contributed by atoms with Gasteiger partial charge in [-0.05, 0) is 26.4 Å². The molecule has 0 saturated heterocycles. The van der Waals surface area contributed by atoms with Crippen LogP contribution in [0.25, 0.3) is 0 Å². The minimum absolute atomic E-state index is 0.0724. The molecule has 3 N–H and O–H groups in total. The second kappa shape index (κ2) is 8.68. The smallest absolute Gasteiger partial charge is 0.251 e. The van der Waals surface area contributed by atoms with E-state index in [1.165, 1.54) is 12.8 Å². The summed E-state index contributed by atoms with van der Waals surface area (Å²) in [5.74, 6) is 5.10. The summed E-state index contributed by atoms with van der Waals surface area (Å²) in [5, 5.41) is 0. The number of hydrogen-bond donors (Lipinski definition) is 2. The first-order chi connectivity index (χ1) is 7.17. The molecule has 1 atom stereocenters. The quantitative estimate of drug-likeness (QED) is 0.277. The number of carbonyl (C=O) groups excluding carboxylic acids is 1. The van der Waals surface area contributed by atoms with Gasteiger partial charge in [0, 0.05) is 0 Å². The molecule has 4 heteroatoms. The van der Waals surface area contributed by atoms with Gasteiger partial charge >= 0.3 is 0 Å². The minimum Gasteiger partial charge on any atom is -0.295 e. The zero-order valence-electron chi connectivity index (χ0n) is 10.3. The molecule has 0 fully saturated rings. The third kappa shape index (κ3) is 5.74. The Labute approximate surface area is 93.2 Å². The lowest BCUT2D eigenvalue weighted by Gasteiger charge is -2.26. The van der Waals surface area contributed by atoms with Crippen LogP contribution >= 0.6 is 0 Å². The third-order valence-electron chi connectivity index (χ3n) is 2.65. The Morgan fingerprint density at radius 2 is 2.00 bits per heavy atom. The Morgan fingerprint density at radius 3 is 2.47 bits per heavy atom. The lowest BCUT2D eigenvalue weighted by molar-refractivity contribution is -0.126. The predicted molar refractivity (Wildman–Crippen MR) is 63.2 cm³/mol. The number of nitrogens with zero attached hydrogens (tertiary/aromatic N) is 1. The van der Waals surface area contributed by atoms with Gasteiger partial charge in [-0.15, -0.1) is 0 Å². The largest absolute Gasteiger partial charge is 0.295 e. The van der Waals surface area contributed by atoms with Crippen LogP contribution < -0.4 is 11.3 Å². The van der Waals surface area contributed by atoms with Crippen LogP contribution in [0.3, 0.4) is 0 Å². The third-order valence-corrected chi connectivity index (χ3v) is 2.65. The number of likely N-dealkylation sites (N-methyl/N-ethyl adjacent to an activating group) is 1. The highest BCUT2D eigenvalue weighted by Gasteiger charge is 2.20. The lowest BCUT2D eigenvalue weighted by atomic mass is 10.1. The molecule has 0 aromatic carbocycles. The summed E-state index contributed by atoms with van der Waals surface area (Å²) >= 11 is 0. The molecule has 0 aromatic rings. The van der Waals surface area contributed by atoms with Gasteiger partial charge in [0.05, 0.1) is 6.04 Å². The van der Waals surface area contributed by atoms with E-state index in [2.05, 4.69) is 24.2 Å². The molecule has 0 aliphatic carbocycles. The van der Waals surface area contributed by atoms with Crippen LogP contribution in [0.15, 0.2) is 0 Å². The Morgan fingerprint density at radius 1 is 1.33 bits per heavy atom. The van der Waals surface area contributed by atoms with Gasteiger partial charge < -0.3 is 0 Å². The van der Waals surface area contributed by atoms with E-state index in [4.69, 9.17) is 5.84 Å². The molecule has 0 heterocycles. The minimum atomic E-state index is -0.0733. The second-order valence-corrected chi connectivity index (χ2v) is 4.00. The number of nitrogens with two attached hydrogens (primary N) is 1. The molecule has 1 unspecified atom stereocenters. The summed E-state index contributed by atoms with van der Waals surface area (Å²) in [7, 11) is 1.99. The van der Waals surface area contributed by atoms with E-state index in [0.717, 1.165) is 25.8 Å². The normalized spacial score (nSPS) is 12.9. The first kappa shape index (κ1) is 14.4. The van der Waals surface area contributed by atoms with Gasteiger partial charge in [-0.1, -0.05) is 33.1 Å². The zero-order chi connectivity index (χ0) is 11.7. The van der Waals surface area contributed by atoms with Gasteiger partial charge in [0.1, 0.15) is 0 Å².